The highest BCUT2D eigenvalue weighted by Crippen LogP contribution is 2.49. The van der Waals surface area contributed by atoms with Crippen molar-refractivity contribution in [2.45, 2.75) is 45.3 Å². The van der Waals surface area contributed by atoms with Gasteiger partial charge in [-0.15, -0.1) is 0 Å². The van der Waals surface area contributed by atoms with Crippen molar-refractivity contribution in [1.82, 2.24) is 9.78 Å². The van der Waals surface area contributed by atoms with Crippen LogP contribution in [0.25, 0.3) is 0 Å². The maximum atomic E-state index is 12.3. The van der Waals surface area contributed by atoms with Crippen LogP contribution in [0.15, 0.2) is 6.07 Å². The first-order chi connectivity index (χ1) is 9.14. The van der Waals surface area contributed by atoms with Gasteiger partial charge in [0.05, 0.1) is 12.3 Å². The first kappa shape index (κ1) is 12.7. The SMILES string of the molecule is CCn1nc(C)cc1C(=O)OC1([C@@H]2CCOC2)CC1. The summed E-state index contributed by atoms with van der Waals surface area (Å²) in [7, 11) is 0. The van der Waals surface area contributed by atoms with Crippen LogP contribution in [-0.4, -0.2) is 34.6 Å². The average molecular weight is 264 g/mol. The third-order valence-corrected chi connectivity index (χ3v) is 4.12. The van der Waals surface area contributed by atoms with Crippen LogP contribution in [0.4, 0.5) is 0 Å². The van der Waals surface area contributed by atoms with E-state index in [-0.39, 0.29) is 11.6 Å². The van der Waals surface area contributed by atoms with E-state index in [1.165, 1.54) is 0 Å². The van der Waals surface area contributed by atoms with Crippen molar-refractivity contribution in [3.63, 3.8) is 0 Å². The number of rotatable bonds is 4. The van der Waals surface area contributed by atoms with E-state index in [0.717, 1.165) is 38.2 Å². The van der Waals surface area contributed by atoms with Crippen molar-refractivity contribution in [1.29, 1.82) is 0 Å². The van der Waals surface area contributed by atoms with Crippen LogP contribution >= 0.6 is 0 Å². The molecule has 3 rings (SSSR count). The quantitative estimate of drug-likeness (QED) is 0.780. The molecule has 1 aliphatic carbocycles. The van der Waals surface area contributed by atoms with Gasteiger partial charge in [0, 0.05) is 19.1 Å². The van der Waals surface area contributed by atoms with Crippen molar-refractivity contribution in [3.05, 3.63) is 17.5 Å². The Morgan fingerprint density at radius 2 is 2.42 bits per heavy atom. The highest BCUT2D eigenvalue weighted by Gasteiger charge is 2.54. The molecule has 5 heteroatoms. The molecule has 0 unspecified atom stereocenters. The second-order valence-corrected chi connectivity index (χ2v) is 5.50. The van der Waals surface area contributed by atoms with Crippen molar-refractivity contribution in [2.75, 3.05) is 13.2 Å². The van der Waals surface area contributed by atoms with E-state index in [2.05, 4.69) is 5.10 Å². The fourth-order valence-corrected chi connectivity index (χ4v) is 2.85. The number of ether oxygens (including phenoxy) is 2. The summed E-state index contributed by atoms with van der Waals surface area (Å²) >= 11 is 0. The Kier molecular flexibility index (Phi) is 3.09. The van der Waals surface area contributed by atoms with Crippen LogP contribution in [0, 0.1) is 12.8 Å². The molecule has 2 heterocycles. The zero-order valence-corrected chi connectivity index (χ0v) is 11.5. The van der Waals surface area contributed by atoms with Crippen molar-refractivity contribution in [2.24, 2.45) is 5.92 Å². The van der Waals surface area contributed by atoms with Gasteiger partial charge in [-0.05, 0) is 39.2 Å². The van der Waals surface area contributed by atoms with Gasteiger partial charge in [-0.3, -0.25) is 4.68 Å². The Bertz CT molecular complexity index is 485. The number of hydrogen-bond acceptors (Lipinski definition) is 4. The molecule has 1 saturated carbocycles. The molecule has 0 aromatic carbocycles. The van der Waals surface area contributed by atoms with Crippen LogP contribution in [-0.2, 0) is 16.0 Å². The Morgan fingerprint density at radius 1 is 1.63 bits per heavy atom. The molecule has 1 aromatic rings. The minimum absolute atomic E-state index is 0.244. The molecular formula is C14H20N2O3. The van der Waals surface area contributed by atoms with Crippen molar-refractivity contribution in [3.8, 4) is 0 Å². The first-order valence-corrected chi connectivity index (χ1v) is 7.00. The van der Waals surface area contributed by atoms with E-state index < -0.39 is 0 Å². The lowest BCUT2D eigenvalue weighted by Gasteiger charge is -2.22. The number of carbonyl (C=O) groups excluding carboxylic acids is 1. The Morgan fingerprint density at radius 3 is 3.00 bits per heavy atom. The normalized spacial score (nSPS) is 24.4. The van der Waals surface area contributed by atoms with Gasteiger partial charge >= 0.3 is 5.97 Å². The lowest BCUT2D eigenvalue weighted by Crippen LogP contribution is -2.30. The summed E-state index contributed by atoms with van der Waals surface area (Å²) in [6.45, 7) is 6.05. The third kappa shape index (κ3) is 2.27. The maximum Gasteiger partial charge on any atom is 0.357 e. The van der Waals surface area contributed by atoms with Gasteiger partial charge in [0.25, 0.3) is 0 Å². The molecular weight excluding hydrogens is 244 g/mol. The molecule has 0 spiro atoms. The second-order valence-electron chi connectivity index (χ2n) is 5.50. The molecule has 0 N–H and O–H groups in total. The Hall–Kier alpha value is -1.36. The second kappa shape index (κ2) is 4.63. The zero-order valence-electron chi connectivity index (χ0n) is 11.5. The number of esters is 1. The number of aryl methyl sites for hydroxylation is 2. The molecule has 2 fully saturated rings. The lowest BCUT2D eigenvalue weighted by atomic mass is 9.99. The number of hydrogen-bond donors (Lipinski definition) is 0. The summed E-state index contributed by atoms with van der Waals surface area (Å²) < 4.78 is 12.9. The molecule has 5 nitrogen and oxygen atoms in total. The largest absolute Gasteiger partial charge is 0.454 e. The van der Waals surface area contributed by atoms with Crippen molar-refractivity contribution < 1.29 is 14.3 Å². The Labute approximate surface area is 112 Å². The summed E-state index contributed by atoms with van der Waals surface area (Å²) in [5.74, 6) is 0.127. The van der Waals surface area contributed by atoms with E-state index >= 15 is 0 Å². The van der Waals surface area contributed by atoms with Crippen LogP contribution in [0.5, 0.6) is 0 Å². The minimum Gasteiger partial charge on any atom is -0.454 e. The summed E-state index contributed by atoms with van der Waals surface area (Å²) in [6.07, 6.45) is 2.93. The average Bonchev–Trinajstić information content (AvgIpc) is 2.84. The summed E-state index contributed by atoms with van der Waals surface area (Å²) in [6, 6.07) is 1.80. The molecule has 104 valence electrons. The molecule has 0 bridgehead atoms. The van der Waals surface area contributed by atoms with Crippen LogP contribution in [0.2, 0.25) is 0 Å². The molecule has 1 aliphatic heterocycles. The van der Waals surface area contributed by atoms with E-state index in [0.29, 0.717) is 18.2 Å². The highest BCUT2D eigenvalue weighted by molar-refractivity contribution is 5.88. The monoisotopic (exact) mass is 264 g/mol. The van der Waals surface area contributed by atoms with E-state index in [9.17, 15) is 4.79 Å². The molecule has 19 heavy (non-hydrogen) atoms. The fourth-order valence-electron chi connectivity index (χ4n) is 2.85. The first-order valence-electron chi connectivity index (χ1n) is 7.00. The van der Waals surface area contributed by atoms with Gasteiger partial charge in [-0.25, -0.2) is 4.79 Å². The number of nitrogens with zero attached hydrogens (tertiary/aromatic N) is 2. The van der Waals surface area contributed by atoms with Crippen molar-refractivity contribution >= 4 is 5.97 Å². The standard InChI is InChI=1S/C14H20N2O3/c1-3-16-12(8-10(2)15-16)13(17)19-14(5-6-14)11-4-7-18-9-11/h8,11H,3-7,9H2,1-2H3/t11-/m1/s1. The van der Waals surface area contributed by atoms with Gasteiger partial charge in [0.1, 0.15) is 11.3 Å². The number of aromatic nitrogens is 2. The lowest BCUT2D eigenvalue weighted by molar-refractivity contribution is -0.000380. The van der Waals surface area contributed by atoms with Crippen LogP contribution < -0.4 is 0 Å². The molecule has 1 saturated heterocycles. The summed E-state index contributed by atoms with van der Waals surface area (Å²) in [5, 5.41) is 4.29. The Balaban J connectivity index is 1.74. The summed E-state index contributed by atoms with van der Waals surface area (Å²) in [4.78, 5) is 12.3. The van der Waals surface area contributed by atoms with Gasteiger partial charge in [-0.2, -0.15) is 5.10 Å². The molecule has 0 amide bonds. The van der Waals surface area contributed by atoms with E-state index in [4.69, 9.17) is 9.47 Å². The zero-order chi connectivity index (χ0) is 13.5. The fraction of sp³-hybridized carbons (Fsp3) is 0.714. The van der Waals surface area contributed by atoms with Gasteiger partial charge in [0.2, 0.25) is 0 Å². The summed E-state index contributed by atoms with van der Waals surface area (Å²) in [5.41, 5.74) is 1.15. The topological polar surface area (TPSA) is 53.4 Å². The smallest absolute Gasteiger partial charge is 0.357 e. The van der Waals surface area contributed by atoms with E-state index in [1.54, 1.807) is 10.7 Å². The van der Waals surface area contributed by atoms with E-state index in [1.807, 2.05) is 13.8 Å². The predicted octanol–water partition coefficient (Wildman–Crippen LogP) is 1.94. The van der Waals surface area contributed by atoms with Gasteiger partial charge in [-0.1, -0.05) is 0 Å². The molecule has 0 radical (unpaired) electrons. The van der Waals surface area contributed by atoms with Gasteiger partial charge in [0.15, 0.2) is 0 Å². The minimum atomic E-state index is -0.260. The highest BCUT2D eigenvalue weighted by atomic mass is 16.6. The predicted molar refractivity (Wildman–Crippen MR) is 68.9 cm³/mol. The molecule has 1 aromatic heterocycles. The van der Waals surface area contributed by atoms with Crippen LogP contribution in [0.3, 0.4) is 0 Å². The van der Waals surface area contributed by atoms with Crippen LogP contribution in [0.1, 0.15) is 42.4 Å². The molecule has 2 aliphatic rings. The number of carbonyl (C=O) groups is 1. The third-order valence-electron chi connectivity index (χ3n) is 4.12. The van der Waals surface area contributed by atoms with Gasteiger partial charge < -0.3 is 9.47 Å². The molecule has 1 atom stereocenters. The maximum absolute atomic E-state index is 12.3.